The predicted octanol–water partition coefficient (Wildman–Crippen LogP) is 2.21. The van der Waals surface area contributed by atoms with E-state index in [0.29, 0.717) is 11.6 Å². The summed E-state index contributed by atoms with van der Waals surface area (Å²) in [5.74, 6) is -0.291. The average Bonchev–Trinajstić information content (AvgIpc) is 2.73. The molecule has 4 heteroatoms. The molecule has 3 rings (SSSR count). The number of hydrogen-bond acceptors (Lipinski definition) is 3. The summed E-state index contributed by atoms with van der Waals surface area (Å²) < 4.78 is 6.77. The lowest BCUT2D eigenvalue weighted by molar-refractivity contribution is 0.383. The SMILES string of the molecule is Cn1c(=O)oc2cc(CCC3CCCCN3)ccc21. The van der Waals surface area contributed by atoms with Crippen molar-refractivity contribution in [2.75, 3.05) is 6.54 Å². The third-order valence-electron chi connectivity index (χ3n) is 4.05. The van der Waals surface area contributed by atoms with Crippen molar-refractivity contribution in [1.82, 2.24) is 9.88 Å². The number of nitrogens with one attached hydrogen (secondary N) is 1. The Labute approximate surface area is 112 Å². The molecule has 0 aliphatic carbocycles. The van der Waals surface area contributed by atoms with E-state index in [-0.39, 0.29) is 5.76 Å². The molecule has 1 saturated heterocycles. The van der Waals surface area contributed by atoms with E-state index in [1.807, 2.05) is 12.1 Å². The van der Waals surface area contributed by atoms with Gasteiger partial charge in [-0.15, -0.1) is 0 Å². The second-order valence-electron chi connectivity index (χ2n) is 5.41. The van der Waals surface area contributed by atoms with E-state index in [2.05, 4.69) is 11.4 Å². The van der Waals surface area contributed by atoms with Gasteiger partial charge in [0.25, 0.3) is 0 Å². The minimum absolute atomic E-state index is 0.291. The van der Waals surface area contributed by atoms with Crippen LogP contribution in [0.3, 0.4) is 0 Å². The summed E-state index contributed by atoms with van der Waals surface area (Å²) in [6, 6.07) is 6.72. The van der Waals surface area contributed by atoms with Gasteiger partial charge in [-0.3, -0.25) is 4.57 Å². The number of hydrogen-bond donors (Lipinski definition) is 1. The van der Waals surface area contributed by atoms with Gasteiger partial charge in [0.05, 0.1) is 5.52 Å². The van der Waals surface area contributed by atoms with Crippen LogP contribution in [0, 0.1) is 0 Å². The van der Waals surface area contributed by atoms with Gasteiger partial charge in [0.2, 0.25) is 0 Å². The minimum Gasteiger partial charge on any atom is -0.408 e. The maximum absolute atomic E-state index is 11.4. The number of aryl methyl sites for hydroxylation is 2. The first-order valence-corrected chi connectivity index (χ1v) is 7.06. The lowest BCUT2D eigenvalue weighted by Gasteiger charge is -2.23. The predicted molar refractivity (Wildman–Crippen MR) is 75.4 cm³/mol. The fraction of sp³-hybridized carbons (Fsp3) is 0.533. The van der Waals surface area contributed by atoms with Crippen molar-refractivity contribution >= 4 is 11.1 Å². The highest BCUT2D eigenvalue weighted by Gasteiger charge is 2.13. The number of oxazole rings is 1. The quantitative estimate of drug-likeness (QED) is 0.920. The van der Waals surface area contributed by atoms with Crippen LogP contribution < -0.4 is 11.1 Å². The zero-order valence-electron chi connectivity index (χ0n) is 11.3. The molecule has 19 heavy (non-hydrogen) atoms. The molecule has 1 N–H and O–H groups in total. The maximum atomic E-state index is 11.4. The number of rotatable bonds is 3. The first-order chi connectivity index (χ1) is 9.24. The van der Waals surface area contributed by atoms with Crippen LogP contribution >= 0.6 is 0 Å². The monoisotopic (exact) mass is 260 g/mol. The van der Waals surface area contributed by atoms with Crippen LogP contribution in [0.25, 0.3) is 11.1 Å². The first kappa shape index (κ1) is 12.5. The largest absolute Gasteiger partial charge is 0.419 e. The van der Waals surface area contributed by atoms with Gasteiger partial charge in [0.1, 0.15) is 0 Å². The van der Waals surface area contributed by atoms with E-state index in [9.17, 15) is 4.79 Å². The lowest BCUT2D eigenvalue weighted by atomic mass is 9.98. The fourth-order valence-corrected chi connectivity index (χ4v) is 2.85. The Morgan fingerprint density at radius 1 is 1.42 bits per heavy atom. The molecule has 1 aromatic carbocycles. The number of nitrogens with zero attached hydrogens (tertiary/aromatic N) is 1. The van der Waals surface area contributed by atoms with Gasteiger partial charge in [-0.2, -0.15) is 0 Å². The first-order valence-electron chi connectivity index (χ1n) is 7.06. The zero-order chi connectivity index (χ0) is 13.2. The Morgan fingerprint density at radius 3 is 3.11 bits per heavy atom. The maximum Gasteiger partial charge on any atom is 0.419 e. The molecule has 2 aromatic rings. The van der Waals surface area contributed by atoms with Crippen molar-refractivity contribution in [2.24, 2.45) is 7.05 Å². The molecule has 0 amide bonds. The Balaban J connectivity index is 1.72. The molecule has 1 atom stereocenters. The lowest BCUT2D eigenvalue weighted by Crippen LogP contribution is -2.34. The van der Waals surface area contributed by atoms with Crippen molar-refractivity contribution in [3.05, 3.63) is 34.3 Å². The molecule has 102 valence electrons. The highest BCUT2D eigenvalue weighted by molar-refractivity contribution is 5.73. The van der Waals surface area contributed by atoms with Crippen LogP contribution in [0.5, 0.6) is 0 Å². The summed E-state index contributed by atoms with van der Waals surface area (Å²) in [7, 11) is 1.74. The molecule has 4 nitrogen and oxygen atoms in total. The Kier molecular flexibility index (Phi) is 3.42. The molecule has 1 fully saturated rings. The summed E-state index contributed by atoms with van der Waals surface area (Å²) in [4.78, 5) is 11.4. The third kappa shape index (κ3) is 2.59. The van der Waals surface area contributed by atoms with Crippen LogP contribution in [-0.4, -0.2) is 17.2 Å². The highest BCUT2D eigenvalue weighted by Crippen LogP contribution is 2.17. The van der Waals surface area contributed by atoms with Crippen molar-refractivity contribution in [3.63, 3.8) is 0 Å². The van der Waals surface area contributed by atoms with Crippen molar-refractivity contribution in [2.45, 2.75) is 38.1 Å². The standard InChI is InChI=1S/C15H20N2O2/c1-17-13-8-6-11(10-14(13)19-15(17)18)5-7-12-4-2-3-9-16-12/h6,8,10,12,16H,2-5,7,9H2,1H3. The summed E-state index contributed by atoms with van der Waals surface area (Å²) in [6.45, 7) is 1.15. The van der Waals surface area contributed by atoms with Crippen LogP contribution in [0.4, 0.5) is 0 Å². The van der Waals surface area contributed by atoms with Gasteiger partial charge in [0, 0.05) is 13.1 Å². The number of aromatic nitrogens is 1. The molecule has 1 aliphatic heterocycles. The van der Waals surface area contributed by atoms with Gasteiger partial charge < -0.3 is 9.73 Å². The van der Waals surface area contributed by atoms with Crippen molar-refractivity contribution < 1.29 is 4.42 Å². The van der Waals surface area contributed by atoms with Gasteiger partial charge in [-0.25, -0.2) is 4.79 Å². The molecule has 1 aromatic heterocycles. The molecule has 1 aliphatic rings. The molecular weight excluding hydrogens is 240 g/mol. The molecule has 1 unspecified atom stereocenters. The van der Waals surface area contributed by atoms with E-state index in [1.165, 1.54) is 24.8 Å². The van der Waals surface area contributed by atoms with Gasteiger partial charge in [-0.05, 0) is 49.9 Å². The molecule has 0 radical (unpaired) electrons. The highest BCUT2D eigenvalue weighted by atomic mass is 16.4. The third-order valence-corrected chi connectivity index (χ3v) is 4.05. The second-order valence-corrected chi connectivity index (χ2v) is 5.41. The van der Waals surface area contributed by atoms with E-state index >= 15 is 0 Å². The molecular formula is C15H20N2O2. The Morgan fingerprint density at radius 2 is 2.32 bits per heavy atom. The molecule has 2 heterocycles. The van der Waals surface area contributed by atoms with Gasteiger partial charge >= 0.3 is 5.76 Å². The van der Waals surface area contributed by atoms with Crippen LogP contribution in [-0.2, 0) is 13.5 Å². The van der Waals surface area contributed by atoms with Crippen LogP contribution in [0.15, 0.2) is 27.4 Å². The fourth-order valence-electron chi connectivity index (χ4n) is 2.85. The topological polar surface area (TPSA) is 47.2 Å². The minimum atomic E-state index is -0.291. The number of fused-ring (bicyclic) bond motifs is 1. The molecule has 0 spiro atoms. The smallest absolute Gasteiger partial charge is 0.408 e. The average molecular weight is 260 g/mol. The number of benzene rings is 1. The molecule has 0 bridgehead atoms. The summed E-state index contributed by atoms with van der Waals surface area (Å²) in [5, 5.41) is 3.56. The van der Waals surface area contributed by atoms with E-state index < -0.39 is 0 Å². The molecule has 0 saturated carbocycles. The zero-order valence-corrected chi connectivity index (χ0v) is 11.3. The summed E-state index contributed by atoms with van der Waals surface area (Å²) in [6.07, 6.45) is 6.11. The number of piperidine rings is 1. The van der Waals surface area contributed by atoms with Crippen molar-refractivity contribution in [3.8, 4) is 0 Å². The van der Waals surface area contributed by atoms with E-state index in [4.69, 9.17) is 4.42 Å². The van der Waals surface area contributed by atoms with Crippen LogP contribution in [0.1, 0.15) is 31.2 Å². The van der Waals surface area contributed by atoms with Gasteiger partial charge in [-0.1, -0.05) is 12.5 Å². The second kappa shape index (κ2) is 5.21. The van der Waals surface area contributed by atoms with Crippen molar-refractivity contribution in [1.29, 1.82) is 0 Å². The summed E-state index contributed by atoms with van der Waals surface area (Å²) in [5.41, 5.74) is 2.81. The van der Waals surface area contributed by atoms with Crippen LogP contribution in [0.2, 0.25) is 0 Å². The Bertz CT molecular complexity index is 621. The van der Waals surface area contributed by atoms with E-state index in [0.717, 1.165) is 24.9 Å². The summed E-state index contributed by atoms with van der Waals surface area (Å²) >= 11 is 0. The normalized spacial score (nSPS) is 19.9. The Hall–Kier alpha value is -1.55. The van der Waals surface area contributed by atoms with Gasteiger partial charge in [0.15, 0.2) is 5.58 Å². The van der Waals surface area contributed by atoms with E-state index in [1.54, 1.807) is 11.6 Å².